The van der Waals surface area contributed by atoms with E-state index in [9.17, 15) is 10.0 Å². The van der Waals surface area contributed by atoms with E-state index in [0.717, 1.165) is 10.9 Å². The fourth-order valence-electron chi connectivity index (χ4n) is 4.83. The van der Waals surface area contributed by atoms with Crippen LogP contribution in [0.15, 0.2) is 95.4 Å². The third kappa shape index (κ3) is 4.63. The zero-order valence-electron chi connectivity index (χ0n) is 22.2. The van der Waals surface area contributed by atoms with Gasteiger partial charge < -0.3 is 16.3 Å². The molecule has 6 rings (SSSR count). The lowest BCUT2D eigenvalue weighted by atomic mass is 10.0. The normalized spacial score (nSPS) is 12.3. The molecule has 0 amide bonds. The zero-order valence-corrected chi connectivity index (χ0v) is 22.2. The van der Waals surface area contributed by atoms with Gasteiger partial charge in [0.15, 0.2) is 17.3 Å². The molecule has 0 saturated heterocycles. The van der Waals surface area contributed by atoms with Gasteiger partial charge in [-0.05, 0) is 42.6 Å². The van der Waals surface area contributed by atoms with Gasteiger partial charge in [-0.2, -0.15) is 5.10 Å². The largest absolute Gasteiger partial charge is 0.409 e. The van der Waals surface area contributed by atoms with Crippen molar-refractivity contribution >= 4 is 28.1 Å². The summed E-state index contributed by atoms with van der Waals surface area (Å²) in [4.78, 5) is 18.6. The van der Waals surface area contributed by atoms with Gasteiger partial charge in [0, 0.05) is 42.6 Å². The molecule has 0 aliphatic carbocycles. The van der Waals surface area contributed by atoms with Crippen molar-refractivity contribution in [2.75, 3.05) is 5.73 Å². The number of amidine groups is 1. The number of fused-ring (bicyclic) bond motifs is 2. The van der Waals surface area contributed by atoms with Gasteiger partial charge in [-0.15, -0.1) is 5.10 Å². The molecule has 2 aromatic carbocycles. The minimum Gasteiger partial charge on any atom is -0.409 e. The second kappa shape index (κ2) is 10.3. The van der Waals surface area contributed by atoms with Crippen molar-refractivity contribution in [1.82, 2.24) is 34.3 Å². The number of hydrogen-bond donors (Lipinski definition) is 3. The number of nitrogens with two attached hydrogens (primary N) is 1. The van der Waals surface area contributed by atoms with Crippen molar-refractivity contribution in [3.8, 4) is 17.5 Å². The van der Waals surface area contributed by atoms with Gasteiger partial charge in [0.1, 0.15) is 5.56 Å². The number of aromatic nitrogens is 6. The molecule has 0 spiro atoms. The summed E-state index contributed by atoms with van der Waals surface area (Å²) in [7, 11) is 1.83. The monoisotopic (exact) mass is 543 g/mol. The van der Waals surface area contributed by atoms with Crippen LogP contribution in [0.4, 0.5) is 5.82 Å². The highest BCUT2D eigenvalue weighted by molar-refractivity contribution is 6.07. The summed E-state index contributed by atoms with van der Waals surface area (Å²) < 4.78 is 4.82. The smallest absolute Gasteiger partial charge is 0.264 e. The SMILES string of the molecule is C[C@H](NC(=NO)c1c(N)nn2cccnc12)c1cc2cccc(C#Cc3cnn(C)c3)c2c(=O)n1-c1ccccc1. The Morgan fingerprint density at radius 1 is 1.12 bits per heavy atom. The number of nitrogen functional groups attached to an aromatic ring is 1. The van der Waals surface area contributed by atoms with E-state index < -0.39 is 6.04 Å². The van der Waals surface area contributed by atoms with Gasteiger partial charge >= 0.3 is 0 Å². The highest BCUT2D eigenvalue weighted by Gasteiger charge is 2.23. The van der Waals surface area contributed by atoms with Crippen molar-refractivity contribution < 1.29 is 5.21 Å². The van der Waals surface area contributed by atoms with Crippen LogP contribution >= 0.6 is 0 Å². The summed E-state index contributed by atoms with van der Waals surface area (Å²) in [6, 6.07) is 18.1. The van der Waals surface area contributed by atoms with Crippen LogP contribution in [-0.2, 0) is 7.05 Å². The molecular formula is C30H25N9O2. The molecule has 0 aliphatic rings. The van der Waals surface area contributed by atoms with E-state index in [1.165, 1.54) is 4.52 Å². The molecule has 41 heavy (non-hydrogen) atoms. The molecule has 1 atom stereocenters. The Morgan fingerprint density at radius 2 is 1.95 bits per heavy atom. The quantitative estimate of drug-likeness (QED) is 0.102. The number of hydrogen-bond acceptors (Lipinski definition) is 7. The average Bonchev–Trinajstić information content (AvgIpc) is 3.56. The molecule has 0 aliphatic heterocycles. The maximum Gasteiger partial charge on any atom is 0.264 e. The molecule has 202 valence electrons. The van der Waals surface area contributed by atoms with Crippen molar-refractivity contribution in [2.24, 2.45) is 12.2 Å². The molecule has 11 nitrogen and oxygen atoms in total. The Kier molecular flexibility index (Phi) is 6.41. The lowest BCUT2D eigenvalue weighted by Gasteiger charge is -2.22. The molecule has 0 saturated carbocycles. The summed E-state index contributed by atoms with van der Waals surface area (Å²) >= 11 is 0. The number of benzene rings is 2. The van der Waals surface area contributed by atoms with E-state index in [2.05, 4.69) is 37.5 Å². The number of aryl methyl sites for hydroxylation is 1. The molecular weight excluding hydrogens is 518 g/mol. The van der Waals surface area contributed by atoms with Crippen LogP contribution in [0, 0.1) is 11.8 Å². The Labute approximate surface area is 234 Å². The number of para-hydroxylation sites is 1. The van der Waals surface area contributed by atoms with Gasteiger partial charge in [0.25, 0.3) is 5.56 Å². The van der Waals surface area contributed by atoms with Crippen LogP contribution in [-0.4, -0.2) is 40.0 Å². The van der Waals surface area contributed by atoms with Gasteiger partial charge in [-0.1, -0.05) is 47.3 Å². The van der Waals surface area contributed by atoms with E-state index in [-0.39, 0.29) is 17.2 Å². The first kappa shape index (κ1) is 25.4. The van der Waals surface area contributed by atoms with Crippen LogP contribution in [0.1, 0.15) is 35.3 Å². The first-order valence-corrected chi connectivity index (χ1v) is 12.8. The Hall–Kier alpha value is -5.89. The van der Waals surface area contributed by atoms with Gasteiger partial charge in [0.05, 0.1) is 23.2 Å². The van der Waals surface area contributed by atoms with Crippen LogP contribution in [0.3, 0.4) is 0 Å². The van der Waals surface area contributed by atoms with Crippen molar-refractivity contribution in [3.63, 3.8) is 0 Å². The Bertz CT molecular complexity index is 2060. The van der Waals surface area contributed by atoms with E-state index >= 15 is 0 Å². The van der Waals surface area contributed by atoms with E-state index in [1.54, 1.807) is 33.9 Å². The number of rotatable bonds is 4. The van der Waals surface area contributed by atoms with Crippen LogP contribution in [0.5, 0.6) is 0 Å². The molecule has 4 aromatic heterocycles. The third-order valence-corrected chi connectivity index (χ3v) is 6.69. The van der Waals surface area contributed by atoms with E-state index in [0.29, 0.717) is 33.5 Å². The van der Waals surface area contributed by atoms with Crippen molar-refractivity contribution in [3.05, 3.63) is 118 Å². The average molecular weight is 544 g/mol. The van der Waals surface area contributed by atoms with E-state index in [4.69, 9.17) is 5.73 Å². The molecule has 4 N–H and O–H groups in total. The van der Waals surface area contributed by atoms with Gasteiger partial charge in [0.2, 0.25) is 0 Å². The fraction of sp³-hybridized carbons (Fsp3) is 0.100. The Morgan fingerprint density at radius 3 is 2.71 bits per heavy atom. The number of nitrogens with one attached hydrogen (secondary N) is 1. The summed E-state index contributed by atoms with van der Waals surface area (Å²) in [5.41, 5.74) is 9.39. The molecule has 4 heterocycles. The lowest BCUT2D eigenvalue weighted by molar-refractivity contribution is 0.316. The summed E-state index contributed by atoms with van der Waals surface area (Å²) in [5.74, 6) is 6.48. The highest BCUT2D eigenvalue weighted by Crippen LogP contribution is 2.24. The number of pyridine rings is 1. The van der Waals surface area contributed by atoms with Crippen LogP contribution in [0.25, 0.3) is 22.1 Å². The third-order valence-electron chi connectivity index (χ3n) is 6.69. The van der Waals surface area contributed by atoms with E-state index in [1.807, 2.05) is 74.8 Å². The van der Waals surface area contributed by atoms with Crippen molar-refractivity contribution in [1.29, 1.82) is 0 Å². The zero-order chi connectivity index (χ0) is 28.5. The maximum absolute atomic E-state index is 14.2. The molecule has 11 heteroatoms. The highest BCUT2D eigenvalue weighted by atomic mass is 16.4. The number of nitrogens with zero attached hydrogens (tertiary/aromatic N) is 7. The summed E-state index contributed by atoms with van der Waals surface area (Å²) in [5, 5.41) is 26.3. The number of anilines is 1. The molecule has 0 fully saturated rings. The fourth-order valence-corrected chi connectivity index (χ4v) is 4.83. The van der Waals surface area contributed by atoms with Crippen molar-refractivity contribution in [2.45, 2.75) is 13.0 Å². The molecule has 0 bridgehead atoms. The minimum absolute atomic E-state index is 0.0759. The maximum atomic E-state index is 14.2. The first-order valence-electron chi connectivity index (χ1n) is 12.8. The predicted molar refractivity (Wildman–Crippen MR) is 156 cm³/mol. The lowest BCUT2D eigenvalue weighted by Crippen LogP contribution is -2.33. The van der Waals surface area contributed by atoms with Gasteiger partial charge in [-0.25, -0.2) is 9.50 Å². The number of oxime groups is 1. The summed E-state index contributed by atoms with van der Waals surface area (Å²) in [6.45, 7) is 1.87. The molecule has 0 unspecified atom stereocenters. The molecule has 0 radical (unpaired) electrons. The summed E-state index contributed by atoms with van der Waals surface area (Å²) in [6.07, 6.45) is 6.80. The van der Waals surface area contributed by atoms with Gasteiger partial charge in [-0.3, -0.25) is 14.0 Å². The van der Waals surface area contributed by atoms with Crippen LogP contribution in [0.2, 0.25) is 0 Å². The van der Waals surface area contributed by atoms with Crippen LogP contribution < -0.4 is 16.6 Å². The predicted octanol–water partition coefficient (Wildman–Crippen LogP) is 3.24. The first-order chi connectivity index (χ1) is 19.9. The second-order valence-electron chi connectivity index (χ2n) is 9.43. The Balaban J connectivity index is 1.49. The second-order valence-corrected chi connectivity index (χ2v) is 9.43. The standard InChI is InChI=1S/C30H25N9O2/c1-19(34-28(36-41)26-27(31)35-38-15-7-14-32-29(26)38)24-16-22-9-6-8-21(13-12-20-17-33-37(2)18-20)25(22)30(40)39(24)23-10-4-3-5-11-23/h3-11,14-19,41H,1-2H3,(H2,31,35)(H,34,36)/t19-/m0/s1. The topological polar surface area (TPSA) is 141 Å². The minimum atomic E-state index is -0.513. The molecule has 6 aromatic rings.